The Bertz CT molecular complexity index is 639. The molecule has 1 aliphatic heterocycles. The Morgan fingerprint density at radius 2 is 1.63 bits per heavy atom. The van der Waals surface area contributed by atoms with Gasteiger partial charge in [0.25, 0.3) is 0 Å². The zero-order valence-electron chi connectivity index (χ0n) is 19.3. The average Bonchev–Trinajstić information content (AvgIpc) is 3.39. The summed E-state index contributed by atoms with van der Waals surface area (Å²) < 4.78 is 5.57. The second-order valence-electron chi connectivity index (χ2n) is 12.4. The predicted molar refractivity (Wildman–Crippen MR) is 117 cm³/mol. The standard InChI is InChI=1S/C26H44O4/c1-15(4-7-23-24(14-27)30-23)18-5-6-19-17-13-22(29)21-12-16(28)8-10-26(21,3)20(17)9-11-25(18,19)2/h15-24,27-29H,4-14H2,1-3H3/t15-,16-,17?,18-,19?,20?,21+,22+,23+,24+,25-,26-/m1/s1. The Morgan fingerprint density at radius 1 is 0.900 bits per heavy atom. The van der Waals surface area contributed by atoms with Gasteiger partial charge in [-0.3, -0.25) is 0 Å². The van der Waals surface area contributed by atoms with Crippen LogP contribution < -0.4 is 0 Å². The van der Waals surface area contributed by atoms with Crippen LogP contribution in [0.4, 0.5) is 0 Å². The number of fused-ring (bicyclic) bond motifs is 5. The van der Waals surface area contributed by atoms with E-state index < -0.39 is 0 Å². The third-order valence-corrected chi connectivity index (χ3v) is 11.2. The zero-order chi connectivity index (χ0) is 21.3. The Hall–Kier alpha value is -0.160. The molecule has 3 unspecified atom stereocenters. The average molecular weight is 421 g/mol. The summed E-state index contributed by atoms with van der Waals surface area (Å²) in [6.07, 6.45) is 11.4. The fraction of sp³-hybridized carbons (Fsp3) is 1.00. The molecule has 12 atom stereocenters. The monoisotopic (exact) mass is 420 g/mol. The predicted octanol–water partition coefficient (Wildman–Crippen LogP) is 4.15. The molecule has 1 saturated heterocycles. The van der Waals surface area contributed by atoms with Crippen molar-refractivity contribution in [3.63, 3.8) is 0 Å². The van der Waals surface area contributed by atoms with Gasteiger partial charge >= 0.3 is 0 Å². The van der Waals surface area contributed by atoms with Gasteiger partial charge in [-0.05, 0) is 111 Å². The van der Waals surface area contributed by atoms with E-state index in [1.165, 1.54) is 32.1 Å². The van der Waals surface area contributed by atoms with E-state index in [-0.39, 0.29) is 30.3 Å². The van der Waals surface area contributed by atoms with Crippen LogP contribution in [0, 0.1) is 46.3 Å². The maximum Gasteiger partial charge on any atom is 0.107 e. The molecule has 0 spiro atoms. The number of aliphatic hydroxyl groups is 3. The van der Waals surface area contributed by atoms with Crippen molar-refractivity contribution >= 4 is 0 Å². The molecule has 0 radical (unpaired) electrons. The molecule has 0 bridgehead atoms. The summed E-state index contributed by atoms with van der Waals surface area (Å²) in [6.45, 7) is 7.66. The molecule has 0 amide bonds. The van der Waals surface area contributed by atoms with Crippen molar-refractivity contribution in [2.45, 2.75) is 109 Å². The lowest BCUT2D eigenvalue weighted by Crippen LogP contribution is -2.58. The fourth-order valence-corrected chi connectivity index (χ4v) is 9.48. The highest BCUT2D eigenvalue weighted by molar-refractivity contribution is 5.11. The molecular weight excluding hydrogens is 376 g/mol. The summed E-state index contributed by atoms with van der Waals surface area (Å²) in [5.74, 6) is 3.94. The van der Waals surface area contributed by atoms with E-state index in [9.17, 15) is 15.3 Å². The Balaban J connectivity index is 1.30. The summed E-state index contributed by atoms with van der Waals surface area (Å²) in [4.78, 5) is 0. The molecule has 0 aromatic rings. The van der Waals surface area contributed by atoms with Crippen molar-refractivity contribution in [3.8, 4) is 0 Å². The van der Waals surface area contributed by atoms with Gasteiger partial charge in [-0.25, -0.2) is 0 Å². The molecule has 4 saturated carbocycles. The fourth-order valence-electron chi connectivity index (χ4n) is 9.48. The molecule has 0 aromatic heterocycles. The first kappa shape index (κ1) is 21.7. The molecule has 3 N–H and O–H groups in total. The van der Waals surface area contributed by atoms with Gasteiger partial charge in [0.05, 0.1) is 24.9 Å². The Morgan fingerprint density at radius 3 is 2.37 bits per heavy atom. The molecule has 172 valence electrons. The zero-order valence-corrected chi connectivity index (χ0v) is 19.3. The number of epoxide rings is 1. The van der Waals surface area contributed by atoms with E-state index in [0.717, 1.165) is 49.9 Å². The van der Waals surface area contributed by atoms with Crippen LogP contribution in [0.2, 0.25) is 0 Å². The SMILES string of the molecule is C[C@H](CC[C@@H]1O[C@H]1CO)[C@H]1CCC2C3C[C@H](O)[C@@H]4C[C@H](O)CC[C@]4(C)C3CC[C@@]21C. The van der Waals surface area contributed by atoms with E-state index in [0.29, 0.717) is 29.3 Å². The second kappa shape index (κ2) is 7.71. The number of rotatable bonds is 5. The van der Waals surface area contributed by atoms with Gasteiger partial charge in [-0.1, -0.05) is 20.8 Å². The highest BCUT2D eigenvalue weighted by Gasteiger charge is 2.62. The van der Waals surface area contributed by atoms with Crippen LogP contribution in [0.1, 0.15) is 85.0 Å². The van der Waals surface area contributed by atoms with Gasteiger partial charge in [0.15, 0.2) is 0 Å². The van der Waals surface area contributed by atoms with Crippen molar-refractivity contribution in [2.24, 2.45) is 46.3 Å². The topological polar surface area (TPSA) is 73.2 Å². The molecule has 5 rings (SSSR count). The normalized spacial score (nSPS) is 56.0. The van der Waals surface area contributed by atoms with Crippen molar-refractivity contribution in [2.75, 3.05) is 6.61 Å². The molecule has 1 heterocycles. The van der Waals surface area contributed by atoms with Gasteiger partial charge < -0.3 is 20.1 Å². The number of ether oxygens (including phenoxy) is 1. The molecule has 0 aromatic carbocycles. The van der Waals surface area contributed by atoms with Crippen LogP contribution in [-0.4, -0.2) is 46.3 Å². The number of hydrogen-bond acceptors (Lipinski definition) is 4. The summed E-state index contributed by atoms with van der Waals surface area (Å²) >= 11 is 0. The third-order valence-electron chi connectivity index (χ3n) is 11.2. The van der Waals surface area contributed by atoms with Crippen LogP contribution >= 0.6 is 0 Å². The van der Waals surface area contributed by atoms with E-state index in [4.69, 9.17) is 4.74 Å². The van der Waals surface area contributed by atoms with E-state index in [2.05, 4.69) is 20.8 Å². The van der Waals surface area contributed by atoms with Crippen LogP contribution in [0.3, 0.4) is 0 Å². The van der Waals surface area contributed by atoms with Crippen molar-refractivity contribution < 1.29 is 20.1 Å². The molecular formula is C26H44O4. The molecule has 30 heavy (non-hydrogen) atoms. The van der Waals surface area contributed by atoms with E-state index in [1.807, 2.05) is 0 Å². The van der Waals surface area contributed by atoms with Crippen molar-refractivity contribution in [1.29, 1.82) is 0 Å². The van der Waals surface area contributed by atoms with Crippen LogP contribution in [0.5, 0.6) is 0 Å². The minimum absolute atomic E-state index is 0.103. The summed E-state index contributed by atoms with van der Waals surface area (Å²) in [7, 11) is 0. The third kappa shape index (κ3) is 3.31. The molecule has 4 heteroatoms. The molecule has 4 nitrogen and oxygen atoms in total. The molecule has 5 aliphatic rings. The first-order valence-electron chi connectivity index (χ1n) is 12.9. The van der Waals surface area contributed by atoms with E-state index >= 15 is 0 Å². The van der Waals surface area contributed by atoms with Gasteiger partial charge in [0.1, 0.15) is 6.10 Å². The van der Waals surface area contributed by atoms with Crippen LogP contribution in [-0.2, 0) is 4.74 Å². The smallest absolute Gasteiger partial charge is 0.107 e. The first-order valence-corrected chi connectivity index (χ1v) is 12.9. The Kier molecular flexibility index (Phi) is 5.57. The highest BCUT2D eigenvalue weighted by atomic mass is 16.6. The maximum atomic E-state index is 11.2. The van der Waals surface area contributed by atoms with Gasteiger partial charge in [-0.15, -0.1) is 0 Å². The van der Waals surface area contributed by atoms with Crippen LogP contribution in [0.15, 0.2) is 0 Å². The van der Waals surface area contributed by atoms with E-state index in [1.54, 1.807) is 0 Å². The van der Waals surface area contributed by atoms with Crippen LogP contribution in [0.25, 0.3) is 0 Å². The summed E-state index contributed by atoms with van der Waals surface area (Å²) in [5, 5.41) is 30.7. The lowest BCUT2D eigenvalue weighted by atomic mass is 9.44. The highest BCUT2D eigenvalue weighted by Crippen LogP contribution is 2.68. The van der Waals surface area contributed by atoms with Gasteiger partial charge in [0, 0.05) is 0 Å². The Labute approximate surface area is 182 Å². The molecule has 5 fully saturated rings. The lowest BCUT2D eigenvalue weighted by Gasteiger charge is -2.62. The van der Waals surface area contributed by atoms with Gasteiger partial charge in [-0.2, -0.15) is 0 Å². The largest absolute Gasteiger partial charge is 0.394 e. The summed E-state index contributed by atoms with van der Waals surface area (Å²) in [6, 6.07) is 0. The number of aliphatic hydroxyl groups excluding tert-OH is 3. The minimum Gasteiger partial charge on any atom is -0.394 e. The maximum absolute atomic E-state index is 11.2. The number of hydrogen-bond donors (Lipinski definition) is 3. The lowest BCUT2D eigenvalue weighted by molar-refractivity contribution is -0.172. The first-order chi connectivity index (χ1) is 14.3. The summed E-state index contributed by atoms with van der Waals surface area (Å²) in [5.41, 5.74) is 0.633. The quantitative estimate of drug-likeness (QED) is 0.584. The second-order valence-corrected chi connectivity index (χ2v) is 12.4. The molecule has 4 aliphatic carbocycles. The van der Waals surface area contributed by atoms with Gasteiger partial charge in [0.2, 0.25) is 0 Å². The minimum atomic E-state index is -0.229. The van der Waals surface area contributed by atoms with Crippen molar-refractivity contribution in [3.05, 3.63) is 0 Å². The van der Waals surface area contributed by atoms with Crippen molar-refractivity contribution in [1.82, 2.24) is 0 Å².